The highest BCUT2D eigenvalue weighted by molar-refractivity contribution is 9.10. The molecule has 1 heterocycles. The van der Waals surface area contributed by atoms with Crippen LogP contribution in [-0.4, -0.2) is 15.6 Å². The van der Waals surface area contributed by atoms with E-state index in [2.05, 4.69) is 43.7 Å². The maximum atomic E-state index is 5.81. The Hall–Kier alpha value is -1.13. The van der Waals surface area contributed by atoms with E-state index in [1.54, 1.807) is 6.20 Å². The maximum absolute atomic E-state index is 5.81. The predicted octanol–water partition coefficient (Wildman–Crippen LogP) is 2.83. The number of halogens is 1. The van der Waals surface area contributed by atoms with Crippen LogP contribution in [0.2, 0.25) is 0 Å². The number of nitrogens with zero attached hydrogens (tertiary/aromatic N) is 2. The van der Waals surface area contributed by atoms with Gasteiger partial charge in [0.25, 0.3) is 0 Å². The van der Waals surface area contributed by atoms with Crippen LogP contribution >= 0.6 is 15.9 Å². The lowest BCUT2D eigenvalue weighted by Crippen LogP contribution is -2.18. The fourth-order valence-electron chi connectivity index (χ4n) is 1.85. The van der Waals surface area contributed by atoms with Crippen LogP contribution < -0.4 is 5.73 Å². The summed E-state index contributed by atoms with van der Waals surface area (Å²) in [5.74, 6) is 0.983. The van der Waals surface area contributed by atoms with Gasteiger partial charge in [0, 0.05) is 28.6 Å². The summed E-state index contributed by atoms with van der Waals surface area (Å²) in [4.78, 5) is 4.22. The van der Waals surface area contributed by atoms with Crippen LogP contribution in [0.4, 0.5) is 0 Å². The van der Waals surface area contributed by atoms with Gasteiger partial charge in [-0.25, -0.2) is 4.98 Å². The summed E-state index contributed by atoms with van der Waals surface area (Å²) in [6, 6.07) is 6.48. The van der Waals surface area contributed by atoms with Crippen LogP contribution in [0.1, 0.15) is 18.3 Å². The van der Waals surface area contributed by atoms with Crippen LogP contribution in [0.5, 0.6) is 0 Å². The lowest BCUT2D eigenvalue weighted by atomic mass is 10.1. The zero-order valence-corrected chi connectivity index (χ0v) is 11.6. The molecule has 0 saturated carbocycles. The number of aromatic nitrogens is 2. The molecular formula is C13H16BrN3. The van der Waals surface area contributed by atoms with Gasteiger partial charge in [-0.1, -0.05) is 22.0 Å². The second kappa shape index (κ2) is 5.02. The SMILES string of the molecule is Cc1nccn1-c1ccc(CC(C)N)c(Br)c1. The first kappa shape index (κ1) is 12.3. The van der Waals surface area contributed by atoms with Gasteiger partial charge in [-0.2, -0.15) is 0 Å². The van der Waals surface area contributed by atoms with Crippen LogP contribution in [0.25, 0.3) is 5.69 Å². The fraction of sp³-hybridized carbons (Fsp3) is 0.308. The van der Waals surface area contributed by atoms with Crippen LogP contribution in [-0.2, 0) is 6.42 Å². The predicted molar refractivity (Wildman–Crippen MR) is 73.4 cm³/mol. The molecule has 1 aromatic heterocycles. The standard InChI is InChI=1S/C13H16BrN3/c1-9(15)7-11-3-4-12(8-13(11)14)17-6-5-16-10(17)2/h3-6,8-9H,7,15H2,1-2H3. The van der Waals surface area contributed by atoms with Gasteiger partial charge >= 0.3 is 0 Å². The molecule has 17 heavy (non-hydrogen) atoms. The van der Waals surface area contributed by atoms with Gasteiger partial charge in [0.05, 0.1) is 0 Å². The third kappa shape index (κ3) is 2.76. The second-order valence-electron chi connectivity index (χ2n) is 4.30. The number of benzene rings is 1. The summed E-state index contributed by atoms with van der Waals surface area (Å²) in [6.45, 7) is 4.00. The molecule has 0 radical (unpaired) electrons. The second-order valence-corrected chi connectivity index (χ2v) is 5.16. The molecule has 1 aromatic carbocycles. The summed E-state index contributed by atoms with van der Waals surface area (Å²) in [6.07, 6.45) is 4.64. The molecule has 0 amide bonds. The molecule has 0 aliphatic rings. The van der Waals surface area contributed by atoms with Gasteiger partial charge in [0.15, 0.2) is 0 Å². The van der Waals surface area contributed by atoms with E-state index in [-0.39, 0.29) is 6.04 Å². The Labute approximate surface area is 110 Å². The van der Waals surface area contributed by atoms with E-state index >= 15 is 0 Å². The Bertz CT molecular complexity index is 517. The number of rotatable bonds is 3. The van der Waals surface area contributed by atoms with Crippen LogP contribution in [0, 0.1) is 6.92 Å². The summed E-state index contributed by atoms with van der Waals surface area (Å²) >= 11 is 3.60. The van der Waals surface area contributed by atoms with Crippen LogP contribution in [0.3, 0.4) is 0 Å². The van der Waals surface area contributed by atoms with Crippen molar-refractivity contribution in [3.8, 4) is 5.69 Å². The van der Waals surface area contributed by atoms with Gasteiger partial charge in [-0.3, -0.25) is 0 Å². The quantitative estimate of drug-likeness (QED) is 0.946. The number of imidazole rings is 1. The Kier molecular flexibility index (Phi) is 3.64. The first-order chi connectivity index (χ1) is 8.08. The minimum atomic E-state index is 0.173. The molecule has 1 atom stereocenters. The molecule has 4 heteroatoms. The zero-order chi connectivity index (χ0) is 12.4. The van der Waals surface area contributed by atoms with E-state index in [4.69, 9.17) is 5.73 Å². The van der Waals surface area contributed by atoms with Crippen molar-refractivity contribution < 1.29 is 0 Å². The topological polar surface area (TPSA) is 43.8 Å². The highest BCUT2D eigenvalue weighted by atomic mass is 79.9. The monoisotopic (exact) mass is 293 g/mol. The normalized spacial score (nSPS) is 12.7. The zero-order valence-electron chi connectivity index (χ0n) is 10.0. The first-order valence-electron chi connectivity index (χ1n) is 5.62. The van der Waals surface area contributed by atoms with Crippen molar-refractivity contribution in [1.82, 2.24) is 9.55 Å². The van der Waals surface area contributed by atoms with Crippen molar-refractivity contribution in [2.45, 2.75) is 26.3 Å². The van der Waals surface area contributed by atoms with Crippen molar-refractivity contribution in [1.29, 1.82) is 0 Å². The largest absolute Gasteiger partial charge is 0.328 e. The maximum Gasteiger partial charge on any atom is 0.110 e. The van der Waals surface area contributed by atoms with Gasteiger partial charge < -0.3 is 10.3 Å². The number of hydrogen-bond acceptors (Lipinski definition) is 2. The van der Waals surface area contributed by atoms with Crippen molar-refractivity contribution in [3.63, 3.8) is 0 Å². The Morgan fingerprint density at radius 3 is 2.76 bits per heavy atom. The van der Waals surface area contributed by atoms with E-state index in [1.165, 1.54) is 5.56 Å². The summed E-state index contributed by atoms with van der Waals surface area (Å²) < 4.78 is 3.15. The van der Waals surface area contributed by atoms with Crippen molar-refractivity contribution in [2.75, 3.05) is 0 Å². The highest BCUT2D eigenvalue weighted by Gasteiger charge is 2.06. The Morgan fingerprint density at radius 1 is 1.47 bits per heavy atom. The minimum Gasteiger partial charge on any atom is -0.328 e. The first-order valence-corrected chi connectivity index (χ1v) is 6.41. The van der Waals surface area contributed by atoms with Crippen LogP contribution in [0.15, 0.2) is 35.1 Å². The van der Waals surface area contributed by atoms with Gasteiger partial charge in [-0.15, -0.1) is 0 Å². The molecule has 2 N–H and O–H groups in total. The van der Waals surface area contributed by atoms with E-state index in [0.717, 1.165) is 22.4 Å². The lowest BCUT2D eigenvalue weighted by molar-refractivity contribution is 0.735. The minimum absolute atomic E-state index is 0.173. The molecule has 0 fully saturated rings. The summed E-state index contributed by atoms with van der Waals surface area (Å²) in [5, 5.41) is 0. The molecule has 1 unspecified atom stereocenters. The average molecular weight is 294 g/mol. The molecule has 0 aliphatic heterocycles. The molecule has 0 saturated heterocycles. The van der Waals surface area contributed by atoms with Crippen molar-refractivity contribution in [2.24, 2.45) is 5.73 Å². The van der Waals surface area contributed by atoms with Gasteiger partial charge in [0.1, 0.15) is 5.82 Å². The smallest absolute Gasteiger partial charge is 0.110 e. The molecule has 3 nitrogen and oxygen atoms in total. The molecule has 2 rings (SSSR count). The van der Waals surface area contributed by atoms with Crippen molar-refractivity contribution in [3.05, 3.63) is 46.5 Å². The molecule has 90 valence electrons. The van der Waals surface area contributed by atoms with E-state index < -0.39 is 0 Å². The summed E-state index contributed by atoms with van der Waals surface area (Å²) in [5.41, 5.74) is 8.16. The fourth-order valence-corrected chi connectivity index (χ4v) is 2.38. The Balaban J connectivity index is 2.34. The number of aryl methyl sites for hydroxylation is 1. The number of hydrogen-bond donors (Lipinski definition) is 1. The molecule has 2 aromatic rings. The van der Waals surface area contributed by atoms with E-state index in [1.807, 2.05) is 20.0 Å². The lowest BCUT2D eigenvalue weighted by Gasteiger charge is -2.11. The molecule has 0 spiro atoms. The van der Waals surface area contributed by atoms with Gasteiger partial charge in [-0.05, 0) is 38.0 Å². The average Bonchev–Trinajstić information content (AvgIpc) is 2.67. The van der Waals surface area contributed by atoms with E-state index in [0.29, 0.717) is 0 Å². The van der Waals surface area contributed by atoms with Gasteiger partial charge in [0.2, 0.25) is 0 Å². The number of nitrogens with two attached hydrogens (primary N) is 1. The highest BCUT2D eigenvalue weighted by Crippen LogP contribution is 2.22. The van der Waals surface area contributed by atoms with E-state index in [9.17, 15) is 0 Å². The third-order valence-corrected chi connectivity index (χ3v) is 3.42. The Morgan fingerprint density at radius 2 is 2.24 bits per heavy atom. The molecule has 0 bridgehead atoms. The van der Waals surface area contributed by atoms with Crippen molar-refractivity contribution >= 4 is 15.9 Å². The summed E-state index contributed by atoms with van der Waals surface area (Å²) in [7, 11) is 0. The molecular weight excluding hydrogens is 278 g/mol. The molecule has 0 aliphatic carbocycles. The third-order valence-electron chi connectivity index (χ3n) is 2.68.